The lowest BCUT2D eigenvalue weighted by Gasteiger charge is -2.36. The van der Waals surface area contributed by atoms with Crippen molar-refractivity contribution in [1.29, 1.82) is 0 Å². The van der Waals surface area contributed by atoms with Gasteiger partial charge in [0, 0.05) is 6.04 Å². The zero-order valence-corrected chi connectivity index (χ0v) is 7.84. The highest BCUT2D eigenvalue weighted by Crippen LogP contribution is 2.42. The maximum absolute atomic E-state index is 10.2. The SMILES string of the molecule is C[C@@](O)(C1CC1)[C@@H]1CCCCN1. The predicted octanol–water partition coefficient (Wildman–Crippen LogP) is 1.29. The van der Waals surface area contributed by atoms with Gasteiger partial charge in [-0.1, -0.05) is 6.42 Å². The highest BCUT2D eigenvalue weighted by atomic mass is 16.3. The molecule has 1 aliphatic carbocycles. The average molecular weight is 169 g/mol. The van der Waals surface area contributed by atoms with E-state index in [0.717, 1.165) is 13.0 Å². The second-order valence-corrected chi connectivity index (χ2v) is 4.50. The Morgan fingerprint density at radius 2 is 2.00 bits per heavy atom. The summed E-state index contributed by atoms with van der Waals surface area (Å²) in [5, 5.41) is 13.6. The summed E-state index contributed by atoms with van der Waals surface area (Å²) in [6, 6.07) is 0.360. The van der Waals surface area contributed by atoms with Crippen LogP contribution >= 0.6 is 0 Å². The van der Waals surface area contributed by atoms with E-state index in [4.69, 9.17) is 0 Å². The number of rotatable bonds is 2. The Kier molecular flexibility index (Phi) is 2.13. The average Bonchev–Trinajstić information content (AvgIpc) is 2.88. The van der Waals surface area contributed by atoms with Crippen molar-refractivity contribution in [3.05, 3.63) is 0 Å². The lowest BCUT2D eigenvalue weighted by atomic mass is 9.85. The van der Waals surface area contributed by atoms with Crippen LogP contribution in [0.2, 0.25) is 0 Å². The fraction of sp³-hybridized carbons (Fsp3) is 1.00. The fourth-order valence-corrected chi connectivity index (χ4v) is 2.30. The number of hydrogen-bond donors (Lipinski definition) is 2. The van der Waals surface area contributed by atoms with Gasteiger partial charge in [0.15, 0.2) is 0 Å². The molecule has 0 aromatic heterocycles. The standard InChI is InChI=1S/C10H19NO/c1-10(12,8-5-6-8)9-4-2-3-7-11-9/h8-9,11-12H,2-7H2,1H3/t9-,10+/m0/s1. The third kappa shape index (κ3) is 1.50. The van der Waals surface area contributed by atoms with Crippen LogP contribution in [0.25, 0.3) is 0 Å². The summed E-state index contributed by atoms with van der Waals surface area (Å²) < 4.78 is 0. The van der Waals surface area contributed by atoms with Gasteiger partial charge in [-0.05, 0) is 45.1 Å². The van der Waals surface area contributed by atoms with E-state index in [1.807, 2.05) is 6.92 Å². The quantitative estimate of drug-likeness (QED) is 0.653. The van der Waals surface area contributed by atoms with Crippen LogP contribution in [0.3, 0.4) is 0 Å². The molecule has 12 heavy (non-hydrogen) atoms. The second kappa shape index (κ2) is 3.00. The summed E-state index contributed by atoms with van der Waals surface area (Å²) >= 11 is 0. The summed E-state index contributed by atoms with van der Waals surface area (Å²) in [4.78, 5) is 0. The van der Waals surface area contributed by atoms with Crippen molar-refractivity contribution in [2.75, 3.05) is 6.54 Å². The molecule has 2 nitrogen and oxygen atoms in total. The fourth-order valence-electron chi connectivity index (χ4n) is 2.30. The smallest absolute Gasteiger partial charge is 0.0799 e. The molecule has 0 bridgehead atoms. The topological polar surface area (TPSA) is 32.3 Å². The Bertz CT molecular complexity index is 157. The second-order valence-electron chi connectivity index (χ2n) is 4.50. The number of nitrogens with one attached hydrogen (secondary N) is 1. The molecule has 2 rings (SSSR count). The maximum atomic E-state index is 10.2. The molecule has 2 fully saturated rings. The molecule has 0 radical (unpaired) electrons. The summed E-state index contributed by atoms with van der Waals surface area (Å²) in [6.45, 7) is 3.10. The first-order valence-corrected chi connectivity index (χ1v) is 5.17. The largest absolute Gasteiger partial charge is 0.388 e. The Balaban J connectivity index is 1.95. The first kappa shape index (κ1) is 8.52. The van der Waals surface area contributed by atoms with Crippen LogP contribution in [0.15, 0.2) is 0 Å². The minimum atomic E-state index is -0.430. The minimum absolute atomic E-state index is 0.360. The van der Waals surface area contributed by atoms with E-state index in [9.17, 15) is 5.11 Å². The van der Waals surface area contributed by atoms with Crippen molar-refractivity contribution >= 4 is 0 Å². The maximum Gasteiger partial charge on any atom is 0.0799 e. The van der Waals surface area contributed by atoms with Crippen molar-refractivity contribution in [2.24, 2.45) is 5.92 Å². The van der Waals surface area contributed by atoms with Crippen LogP contribution < -0.4 is 5.32 Å². The number of piperidine rings is 1. The Morgan fingerprint density at radius 3 is 2.50 bits per heavy atom. The molecular formula is C10H19NO. The third-order valence-electron chi connectivity index (χ3n) is 3.42. The molecule has 0 amide bonds. The third-order valence-corrected chi connectivity index (χ3v) is 3.42. The van der Waals surface area contributed by atoms with Gasteiger partial charge < -0.3 is 10.4 Å². The van der Waals surface area contributed by atoms with Gasteiger partial charge in [0.25, 0.3) is 0 Å². The van der Waals surface area contributed by atoms with E-state index in [0.29, 0.717) is 12.0 Å². The molecule has 1 heterocycles. The normalized spacial score (nSPS) is 36.0. The monoisotopic (exact) mass is 169 g/mol. The van der Waals surface area contributed by atoms with Gasteiger partial charge >= 0.3 is 0 Å². The van der Waals surface area contributed by atoms with Crippen LogP contribution in [0.4, 0.5) is 0 Å². The molecule has 2 heteroatoms. The zero-order valence-electron chi connectivity index (χ0n) is 7.84. The Labute approximate surface area is 74.4 Å². The van der Waals surface area contributed by atoms with Gasteiger partial charge in [0.1, 0.15) is 0 Å². The molecule has 1 aliphatic heterocycles. The first-order chi connectivity index (χ1) is 5.71. The summed E-state index contributed by atoms with van der Waals surface area (Å²) in [7, 11) is 0. The van der Waals surface area contributed by atoms with Crippen molar-refractivity contribution in [1.82, 2.24) is 5.32 Å². The van der Waals surface area contributed by atoms with E-state index < -0.39 is 5.60 Å². The molecule has 1 saturated carbocycles. The van der Waals surface area contributed by atoms with Crippen molar-refractivity contribution < 1.29 is 5.11 Å². The van der Waals surface area contributed by atoms with E-state index in [1.165, 1.54) is 25.7 Å². The number of aliphatic hydroxyl groups is 1. The lowest BCUT2D eigenvalue weighted by Crippen LogP contribution is -2.52. The van der Waals surface area contributed by atoms with Gasteiger partial charge in [-0.25, -0.2) is 0 Å². The van der Waals surface area contributed by atoms with Crippen LogP contribution in [-0.4, -0.2) is 23.3 Å². The number of hydrogen-bond acceptors (Lipinski definition) is 2. The molecule has 0 unspecified atom stereocenters. The molecule has 70 valence electrons. The molecule has 0 spiro atoms. The molecule has 2 atom stereocenters. The molecule has 1 saturated heterocycles. The van der Waals surface area contributed by atoms with Crippen molar-refractivity contribution in [3.8, 4) is 0 Å². The Hall–Kier alpha value is -0.0800. The van der Waals surface area contributed by atoms with Crippen LogP contribution in [0.1, 0.15) is 39.0 Å². The van der Waals surface area contributed by atoms with Gasteiger partial charge in [-0.2, -0.15) is 0 Å². The molecule has 2 aliphatic rings. The highest BCUT2D eigenvalue weighted by molar-refractivity contribution is 5.00. The van der Waals surface area contributed by atoms with E-state index >= 15 is 0 Å². The molecule has 0 aromatic rings. The van der Waals surface area contributed by atoms with Gasteiger partial charge in [0.2, 0.25) is 0 Å². The van der Waals surface area contributed by atoms with Crippen molar-refractivity contribution in [3.63, 3.8) is 0 Å². The van der Waals surface area contributed by atoms with E-state index in [1.54, 1.807) is 0 Å². The first-order valence-electron chi connectivity index (χ1n) is 5.17. The van der Waals surface area contributed by atoms with E-state index in [-0.39, 0.29) is 0 Å². The summed E-state index contributed by atoms with van der Waals surface area (Å²) in [6.07, 6.45) is 6.16. The molecule has 2 N–H and O–H groups in total. The van der Waals surface area contributed by atoms with Gasteiger partial charge in [0.05, 0.1) is 5.60 Å². The lowest BCUT2D eigenvalue weighted by molar-refractivity contribution is -0.0102. The van der Waals surface area contributed by atoms with E-state index in [2.05, 4.69) is 5.32 Å². The molecule has 0 aromatic carbocycles. The summed E-state index contributed by atoms with van der Waals surface area (Å²) in [5.41, 5.74) is -0.430. The summed E-state index contributed by atoms with van der Waals surface area (Å²) in [5.74, 6) is 0.577. The van der Waals surface area contributed by atoms with Crippen LogP contribution in [-0.2, 0) is 0 Å². The van der Waals surface area contributed by atoms with Gasteiger partial charge in [-0.15, -0.1) is 0 Å². The Morgan fingerprint density at radius 1 is 1.25 bits per heavy atom. The zero-order chi connectivity index (χ0) is 8.60. The van der Waals surface area contributed by atoms with Crippen LogP contribution in [0.5, 0.6) is 0 Å². The predicted molar refractivity (Wildman–Crippen MR) is 49.0 cm³/mol. The highest BCUT2D eigenvalue weighted by Gasteiger charge is 2.45. The van der Waals surface area contributed by atoms with Crippen LogP contribution in [0, 0.1) is 5.92 Å². The van der Waals surface area contributed by atoms with Crippen molar-refractivity contribution in [2.45, 2.75) is 50.7 Å². The minimum Gasteiger partial charge on any atom is -0.388 e. The molecular weight excluding hydrogens is 150 g/mol. The van der Waals surface area contributed by atoms with Gasteiger partial charge in [-0.3, -0.25) is 0 Å².